The van der Waals surface area contributed by atoms with E-state index in [1.165, 1.54) is 43.9 Å². The second-order valence-electron chi connectivity index (χ2n) is 5.79. The zero-order valence-corrected chi connectivity index (χ0v) is 13.3. The van der Waals surface area contributed by atoms with E-state index in [1.807, 2.05) is 18.2 Å². The van der Waals surface area contributed by atoms with Crippen molar-refractivity contribution in [2.24, 2.45) is 5.92 Å². The summed E-state index contributed by atoms with van der Waals surface area (Å²) < 4.78 is 0.947. The molecule has 2 amide bonds. The van der Waals surface area contributed by atoms with Gasteiger partial charge in [0, 0.05) is 19.0 Å². The first-order valence-corrected chi connectivity index (χ1v) is 8.40. The second-order valence-corrected chi connectivity index (χ2v) is 6.82. The van der Waals surface area contributed by atoms with E-state index in [1.54, 1.807) is 0 Å². The lowest BCUT2D eigenvalue weighted by Gasteiger charge is -2.09. The maximum Gasteiger partial charge on any atom is 0.224 e. The Morgan fingerprint density at radius 1 is 1.27 bits per heavy atom. The first-order chi connectivity index (χ1) is 10.6. The van der Waals surface area contributed by atoms with Crippen molar-refractivity contribution in [3.63, 3.8) is 0 Å². The average molecular weight is 317 g/mol. The predicted molar refractivity (Wildman–Crippen MR) is 89.1 cm³/mol. The van der Waals surface area contributed by atoms with Gasteiger partial charge in [-0.3, -0.25) is 9.59 Å². The number of nitrogens with one attached hydrogen (secondary N) is 2. The largest absolute Gasteiger partial charge is 0.326 e. The Morgan fingerprint density at radius 3 is 2.77 bits per heavy atom. The highest BCUT2D eigenvalue weighted by molar-refractivity contribution is 7.22. The predicted octanol–water partition coefficient (Wildman–Crippen LogP) is 3.77. The lowest BCUT2D eigenvalue weighted by molar-refractivity contribution is -0.117. The molecule has 0 aliphatic heterocycles. The molecule has 5 nitrogen and oxygen atoms in total. The van der Waals surface area contributed by atoms with Crippen LogP contribution in [0.15, 0.2) is 18.2 Å². The molecule has 1 aliphatic carbocycles. The van der Waals surface area contributed by atoms with Gasteiger partial charge in [-0.15, -0.1) is 0 Å². The molecule has 1 aromatic carbocycles. The van der Waals surface area contributed by atoms with Gasteiger partial charge in [0.25, 0.3) is 0 Å². The van der Waals surface area contributed by atoms with Gasteiger partial charge < -0.3 is 10.6 Å². The van der Waals surface area contributed by atoms with Crippen LogP contribution in [0.5, 0.6) is 0 Å². The average Bonchev–Trinajstić information content (AvgIpc) is 3.06. The Hall–Kier alpha value is -1.95. The first kappa shape index (κ1) is 15.0. The fourth-order valence-corrected chi connectivity index (χ4v) is 3.85. The molecule has 0 saturated heterocycles. The van der Waals surface area contributed by atoms with Gasteiger partial charge in [0.05, 0.1) is 10.2 Å². The van der Waals surface area contributed by atoms with Crippen LogP contribution in [0.25, 0.3) is 10.2 Å². The highest BCUT2D eigenvalue weighted by Crippen LogP contribution is 2.30. The van der Waals surface area contributed by atoms with Crippen LogP contribution in [0.3, 0.4) is 0 Å². The van der Waals surface area contributed by atoms with Gasteiger partial charge in [-0.25, -0.2) is 4.98 Å². The second kappa shape index (κ2) is 6.44. The van der Waals surface area contributed by atoms with Crippen LogP contribution in [0.4, 0.5) is 10.8 Å². The maximum atomic E-state index is 12.1. The van der Waals surface area contributed by atoms with Crippen molar-refractivity contribution in [2.45, 2.75) is 39.0 Å². The van der Waals surface area contributed by atoms with Crippen LogP contribution in [0, 0.1) is 5.92 Å². The Bertz CT molecular complexity index is 704. The minimum Gasteiger partial charge on any atom is -0.326 e. The summed E-state index contributed by atoms with van der Waals surface area (Å²) in [5.74, 6) is 0.487. The number of amides is 2. The Morgan fingerprint density at radius 2 is 2.05 bits per heavy atom. The molecule has 22 heavy (non-hydrogen) atoms. The summed E-state index contributed by atoms with van der Waals surface area (Å²) in [5, 5.41) is 6.23. The molecule has 116 valence electrons. The molecule has 1 aliphatic rings. The molecule has 1 fully saturated rings. The lowest BCUT2D eigenvalue weighted by Crippen LogP contribution is -2.14. The number of anilines is 2. The van der Waals surface area contributed by atoms with Gasteiger partial charge in [0.15, 0.2) is 5.13 Å². The van der Waals surface area contributed by atoms with E-state index in [0.717, 1.165) is 15.9 Å². The van der Waals surface area contributed by atoms with Crippen molar-refractivity contribution in [1.82, 2.24) is 4.98 Å². The number of fused-ring (bicyclic) bond motifs is 1. The van der Waals surface area contributed by atoms with E-state index in [2.05, 4.69) is 15.6 Å². The molecule has 6 heteroatoms. The number of rotatable bonds is 4. The molecule has 2 aromatic rings. The first-order valence-electron chi connectivity index (χ1n) is 7.58. The zero-order chi connectivity index (χ0) is 15.5. The Balaban J connectivity index is 1.68. The minimum absolute atomic E-state index is 0.0813. The summed E-state index contributed by atoms with van der Waals surface area (Å²) in [7, 11) is 0. The molecular weight excluding hydrogens is 298 g/mol. The number of benzene rings is 1. The van der Waals surface area contributed by atoms with Gasteiger partial charge >= 0.3 is 0 Å². The fourth-order valence-electron chi connectivity index (χ4n) is 2.90. The van der Waals surface area contributed by atoms with Gasteiger partial charge in [-0.05, 0) is 37.0 Å². The molecule has 0 bridgehead atoms. The van der Waals surface area contributed by atoms with Crippen LogP contribution in [0.2, 0.25) is 0 Å². The third-order valence-corrected chi connectivity index (χ3v) is 4.84. The molecule has 0 atom stereocenters. The number of hydrogen-bond donors (Lipinski definition) is 2. The highest BCUT2D eigenvalue weighted by Gasteiger charge is 2.18. The van der Waals surface area contributed by atoms with Crippen molar-refractivity contribution in [1.29, 1.82) is 0 Å². The summed E-state index contributed by atoms with van der Waals surface area (Å²) >= 11 is 1.41. The standard InChI is InChI=1S/C16H19N3O2S/c1-10(20)17-16-19-13-7-6-12(9-14(13)22-16)18-15(21)8-11-4-2-3-5-11/h6-7,9,11H,2-5,8H2,1H3,(H,18,21)(H,17,19,20). The summed E-state index contributed by atoms with van der Waals surface area (Å²) in [6.07, 6.45) is 5.44. The van der Waals surface area contributed by atoms with Crippen LogP contribution in [0.1, 0.15) is 39.0 Å². The number of carbonyl (C=O) groups excluding carboxylic acids is 2. The number of aromatic nitrogens is 1. The molecule has 1 heterocycles. The molecular formula is C16H19N3O2S. The maximum absolute atomic E-state index is 12.1. The molecule has 2 N–H and O–H groups in total. The Labute approximate surface area is 133 Å². The van der Waals surface area contributed by atoms with Crippen molar-refractivity contribution in [3.05, 3.63) is 18.2 Å². The van der Waals surface area contributed by atoms with E-state index >= 15 is 0 Å². The van der Waals surface area contributed by atoms with E-state index in [4.69, 9.17) is 0 Å². The molecule has 1 saturated carbocycles. The normalized spacial score (nSPS) is 15.1. The molecule has 0 spiro atoms. The van der Waals surface area contributed by atoms with Crippen LogP contribution < -0.4 is 10.6 Å². The van der Waals surface area contributed by atoms with Crippen LogP contribution in [-0.4, -0.2) is 16.8 Å². The van der Waals surface area contributed by atoms with Crippen molar-refractivity contribution in [2.75, 3.05) is 10.6 Å². The topological polar surface area (TPSA) is 71.1 Å². The minimum atomic E-state index is -0.135. The number of nitrogens with zero attached hydrogens (tertiary/aromatic N) is 1. The molecule has 3 rings (SSSR count). The summed E-state index contributed by atoms with van der Waals surface area (Å²) in [5.41, 5.74) is 1.61. The van der Waals surface area contributed by atoms with E-state index < -0.39 is 0 Å². The van der Waals surface area contributed by atoms with Gasteiger partial charge in [-0.1, -0.05) is 24.2 Å². The molecule has 1 aromatic heterocycles. The molecule has 0 unspecified atom stereocenters. The number of carbonyl (C=O) groups is 2. The fraction of sp³-hybridized carbons (Fsp3) is 0.438. The number of thiazole rings is 1. The lowest BCUT2D eigenvalue weighted by atomic mass is 10.0. The van der Waals surface area contributed by atoms with Crippen molar-refractivity contribution < 1.29 is 9.59 Å². The van der Waals surface area contributed by atoms with Crippen molar-refractivity contribution >= 4 is 44.2 Å². The van der Waals surface area contributed by atoms with Gasteiger partial charge in [0.1, 0.15) is 0 Å². The van der Waals surface area contributed by atoms with E-state index in [-0.39, 0.29) is 11.8 Å². The van der Waals surface area contributed by atoms with E-state index in [0.29, 0.717) is 17.5 Å². The van der Waals surface area contributed by atoms with Gasteiger partial charge in [0.2, 0.25) is 11.8 Å². The number of hydrogen-bond acceptors (Lipinski definition) is 4. The quantitative estimate of drug-likeness (QED) is 0.901. The smallest absolute Gasteiger partial charge is 0.224 e. The highest BCUT2D eigenvalue weighted by atomic mass is 32.1. The van der Waals surface area contributed by atoms with Crippen molar-refractivity contribution in [3.8, 4) is 0 Å². The van der Waals surface area contributed by atoms with E-state index in [9.17, 15) is 9.59 Å². The monoisotopic (exact) mass is 317 g/mol. The van der Waals surface area contributed by atoms with Crippen LogP contribution >= 0.6 is 11.3 Å². The summed E-state index contributed by atoms with van der Waals surface area (Å²) in [4.78, 5) is 27.5. The third-order valence-electron chi connectivity index (χ3n) is 3.90. The molecule has 0 radical (unpaired) electrons. The SMILES string of the molecule is CC(=O)Nc1nc2ccc(NC(=O)CC3CCCC3)cc2s1. The zero-order valence-electron chi connectivity index (χ0n) is 12.5. The van der Waals surface area contributed by atoms with Crippen LogP contribution in [-0.2, 0) is 9.59 Å². The summed E-state index contributed by atoms with van der Waals surface area (Å²) in [6.45, 7) is 1.46. The third kappa shape index (κ3) is 3.62. The van der Waals surface area contributed by atoms with Gasteiger partial charge in [-0.2, -0.15) is 0 Å². The Kier molecular flexibility index (Phi) is 4.38. The summed E-state index contributed by atoms with van der Waals surface area (Å²) in [6, 6.07) is 5.62.